The van der Waals surface area contributed by atoms with E-state index in [9.17, 15) is 14.4 Å². The zero-order valence-corrected chi connectivity index (χ0v) is 13.4. The summed E-state index contributed by atoms with van der Waals surface area (Å²) < 4.78 is 0. The number of carbonyl (C=O) groups excluding carboxylic acids is 3. The van der Waals surface area contributed by atoms with Gasteiger partial charge in [-0.15, -0.1) is 0 Å². The molecule has 0 saturated carbocycles. The molecule has 0 radical (unpaired) electrons. The van der Waals surface area contributed by atoms with Crippen LogP contribution in [0.4, 0.5) is 5.69 Å². The molecular weight excluding hydrogens is 294 g/mol. The molecule has 6 nitrogen and oxygen atoms in total. The molecule has 1 atom stereocenters. The van der Waals surface area contributed by atoms with E-state index in [-0.39, 0.29) is 17.7 Å². The Hall–Kier alpha value is -2.37. The Kier molecular flexibility index (Phi) is 6.14. The summed E-state index contributed by atoms with van der Waals surface area (Å²) in [6, 6.07) is 9.17. The van der Waals surface area contributed by atoms with Gasteiger partial charge < -0.3 is 5.32 Å². The van der Waals surface area contributed by atoms with E-state index in [1.807, 2.05) is 25.1 Å². The third-order valence-electron chi connectivity index (χ3n) is 3.82. The zero-order chi connectivity index (χ0) is 16.7. The molecule has 2 saturated heterocycles. The van der Waals surface area contributed by atoms with Crippen molar-refractivity contribution in [2.24, 2.45) is 5.92 Å². The molecule has 23 heavy (non-hydrogen) atoms. The van der Waals surface area contributed by atoms with Crippen molar-refractivity contribution < 1.29 is 14.4 Å². The topological polar surface area (TPSA) is 78.5 Å². The average Bonchev–Trinajstić information content (AvgIpc) is 3.15. The Morgan fingerprint density at radius 1 is 1.17 bits per heavy atom. The first-order valence-corrected chi connectivity index (χ1v) is 8.09. The molecular formula is C17H23N3O3. The molecule has 1 unspecified atom stereocenters. The van der Waals surface area contributed by atoms with E-state index in [4.69, 9.17) is 0 Å². The Morgan fingerprint density at radius 2 is 1.91 bits per heavy atom. The van der Waals surface area contributed by atoms with E-state index in [1.54, 1.807) is 12.1 Å². The van der Waals surface area contributed by atoms with Gasteiger partial charge in [0, 0.05) is 13.0 Å². The lowest BCUT2D eigenvalue weighted by molar-refractivity contribution is -0.128. The number of nitrogens with zero attached hydrogens (tertiary/aromatic N) is 1. The molecule has 1 aromatic carbocycles. The predicted molar refractivity (Wildman–Crippen MR) is 87.3 cm³/mol. The monoisotopic (exact) mass is 317 g/mol. The van der Waals surface area contributed by atoms with Crippen LogP contribution in [0.25, 0.3) is 0 Å². The molecule has 2 N–H and O–H groups in total. The quantitative estimate of drug-likeness (QED) is 0.831. The van der Waals surface area contributed by atoms with Crippen molar-refractivity contribution in [2.75, 3.05) is 11.6 Å². The van der Waals surface area contributed by atoms with E-state index in [2.05, 4.69) is 10.7 Å². The van der Waals surface area contributed by atoms with Crippen LogP contribution in [0.2, 0.25) is 0 Å². The van der Waals surface area contributed by atoms with Crippen molar-refractivity contribution in [1.29, 1.82) is 0 Å². The smallest absolute Gasteiger partial charge is 0.258 e. The Morgan fingerprint density at radius 3 is 2.43 bits per heavy atom. The number of hydrazine groups is 1. The van der Waals surface area contributed by atoms with Crippen molar-refractivity contribution >= 4 is 23.4 Å². The Bertz CT molecular complexity index is 551. The van der Waals surface area contributed by atoms with E-state index in [1.165, 1.54) is 5.01 Å². The summed E-state index contributed by atoms with van der Waals surface area (Å²) >= 11 is 0. The van der Waals surface area contributed by atoms with Gasteiger partial charge in [-0.1, -0.05) is 38.0 Å². The van der Waals surface area contributed by atoms with E-state index in [0.29, 0.717) is 12.1 Å². The standard InChI is InChI=1S/C13H16N2O2.C4H7NO/c1-2-3-9-11-12(16)14-15(13(11)17)10-7-5-4-6-8-10;6-4-2-1-3-5-4/h4-8,11H,2-3,9H2,1H3,(H,14,16);1-3H2,(H,5,6). The lowest BCUT2D eigenvalue weighted by atomic mass is 10.0. The highest BCUT2D eigenvalue weighted by Gasteiger charge is 2.39. The lowest BCUT2D eigenvalue weighted by Crippen LogP contribution is -2.35. The van der Waals surface area contributed by atoms with E-state index >= 15 is 0 Å². The Labute approximate surface area is 136 Å². The van der Waals surface area contributed by atoms with E-state index in [0.717, 1.165) is 32.2 Å². The van der Waals surface area contributed by atoms with Gasteiger partial charge in [-0.2, -0.15) is 0 Å². The maximum Gasteiger partial charge on any atom is 0.258 e. The fourth-order valence-electron chi connectivity index (χ4n) is 2.51. The fourth-order valence-corrected chi connectivity index (χ4v) is 2.51. The van der Waals surface area contributed by atoms with Crippen LogP contribution in [0.5, 0.6) is 0 Å². The van der Waals surface area contributed by atoms with Crippen LogP contribution in [0, 0.1) is 5.92 Å². The van der Waals surface area contributed by atoms with Gasteiger partial charge in [-0.05, 0) is 25.0 Å². The molecule has 3 rings (SSSR count). The highest BCUT2D eigenvalue weighted by atomic mass is 16.2. The van der Waals surface area contributed by atoms with Gasteiger partial charge in [0.25, 0.3) is 11.8 Å². The van der Waals surface area contributed by atoms with Crippen molar-refractivity contribution in [2.45, 2.75) is 39.0 Å². The van der Waals surface area contributed by atoms with Crippen LogP contribution in [0.3, 0.4) is 0 Å². The summed E-state index contributed by atoms with van der Waals surface area (Å²) in [5.74, 6) is -0.646. The minimum atomic E-state index is -0.518. The Balaban J connectivity index is 0.000000268. The number of rotatable bonds is 4. The maximum absolute atomic E-state index is 12.1. The third kappa shape index (κ3) is 4.55. The van der Waals surface area contributed by atoms with Crippen LogP contribution in [-0.2, 0) is 14.4 Å². The van der Waals surface area contributed by atoms with Crippen LogP contribution in [0.1, 0.15) is 39.0 Å². The van der Waals surface area contributed by atoms with Crippen LogP contribution >= 0.6 is 0 Å². The van der Waals surface area contributed by atoms with Crippen molar-refractivity contribution in [3.63, 3.8) is 0 Å². The number of hydrogen-bond acceptors (Lipinski definition) is 3. The van der Waals surface area contributed by atoms with Gasteiger partial charge in [0.1, 0.15) is 5.92 Å². The average molecular weight is 317 g/mol. The summed E-state index contributed by atoms with van der Waals surface area (Å²) in [5, 5.41) is 4.03. The van der Waals surface area contributed by atoms with Gasteiger partial charge in [-0.3, -0.25) is 19.8 Å². The molecule has 0 bridgehead atoms. The van der Waals surface area contributed by atoms with Gasteiger partial charge in [-0.25, -0.2) is 5.01 Å². The summed E-state index contributed by atoms with van der Waals surface area (Å²) in [6.45, 7) is 2.94. The number of carbonyl (C=O) groups is 3. The SMILES string of the molecule is CCCCC1C(=O)NN(c2ccccc2)C1=O.O=C1CCCN1. The summed E-state index contributed by atoms with van der Waals surface area (Å²) in [6.07, 6.45) is 4.28. The van der Waals surface area contributed by atoms with Crippen molar-refractivity contribution in [3.05, 3.63) is 30.3 Å². The number of benzene rings is 1. The molecule has 6 heteroatoms. The normalized spacial score (nSPS) is 20.0. The highest BCUT2D eigenvalue weighted by Crippen LogP contribution is 2.22. The first-order valence-electron chi connectivity index (χ1n) is 8.09. The van der Waals surface area contributed by atoms with Gasteiger partial charge in [0.15, 0.2) is 0 Å². The molecule has 2 heterocycles. The maximum atomic E-state index is 12.1. The van der Waals surface area contributed by atoms with Crippen LogP contribution in [0.15, 0.2) is 30.3 Å². The van der Waals surface area contributed by atoms with Gasteiger partial charge in [0.05, 0.1) is 5.69 Å². The molecule has 0 aliphatic carbocycles. The summed E-state index contributed by atoms with van der Waals surface area (Å²) in [5.41, 5.74) is 3.34. The first-order chi connectivity index (χ1) is 11.1. The number of amides is 3. The second-order valence-electron chi connectivity index (χ2n) is 5.63. The molecule has 3 amide bonds. The van der Waals surface area contributed by atoms with Crippen LogP contribution < -0.4 is 15.8 Å². The summed E-state index contributed by atoms with van der Waals surface area (Å²) in [7, 11) is 0. The zero-order valence-electron chi connectivity index (χ0n) is 13.4. The van der Waals surface area contributed by atoms with Crippen molar-refractivity contribution in [3.8, 4) is 0 Å². The molecule has 1 aromatic rings. The number of para-hydroxylation sites is 1. The summed E-state index contributed by atoms with van der Waals surface area (Å²) in [4.78, 5) is 33.9. The molecule has 0 aromatic heterocycles. The minimum absolute atomic E-state index is 0.144. The van der Waals surface area contributed by atoms with Crippen molar-refractivity contribution in [1.82, 2.24) is 10.7 Å². The van der Waals surface area contributed by atoms with E-state index < -0.39 is 5.92 Å². The first kappa shape index (κ1) is 17.0. The number of nitrogens with one attached hydrogen (secondary N) is 2. The van der Waals surface area contributed by atoms with Gasteiger partial charge >= 0.3 is 0 Å². The molecule has 0 spiro atoms. The number of unbranched alkanes of at least 4 members (excludes halogenated alkanes) is 1. The number of anilines is 1. The van der Waals surface area contributed by atoms with Crippen LogP contribution in [-0.4, -0.2) is 24.3 Å². The molecule has 2 aliphatic heterocycles. The third-order valence-corrected chi connectivity index (χ3v) is 3.82. The second kappa shape index (κ2) is 8.31. The molecule has 2 aliphatic rings. The largest absolute Gasteiger partial charge is 0.356 e. The molecule has 124 valence electrons. The second-order valence-corrected chi connectivity index (χ2v) is 5.63. The number of hydrogen-bond donors (Lipinski definition) is 2. The molecule has 2 fully saturated rings. The predicted octanol–water partition coefficient (Wildman–Crippen LogP) is 1.77. The minimum Gasteiger partial charge on any atom is -0.356 e. The van der Waals surface area contributed by atoms with Gasteiger partial charge in [0.2, 0.25) is 5.91 Å². The highest BCUT2D eigenvalue weighted by molar-refractivity contribution is 6.14. The fraction of sp³-hybridized carbons (Fsp3) is 0.471. The lowest BCUT2D eigenvalue weighted by Gasteiger charge is -2.14.